The molecule has 1 aliphatic heterocycles. The zero-order valence-electron chi connectivity index (χ0n) is 17.3. The average Bonchev–Trinajstić information content (AvgIpc) is 3.40. The number of nitrogens with one attached hydrogen (secondary N) is 2. The maximum Gasteiger partial charge on any atom is 0.220 e. The summed E-state index contributed by atoms with van der Waals surface area (Å²) in [5.74, 6) is 0.655. The summed E-state index contributed by atoms with van der Waals surface area (Å²) in [6, 6.07) is 11.8. The van der Waals surface area contributed by atoms with E-state index in [4.69, 9.17) is 9.52 Å². The van der Waals surface area contributed by atoms with Gasteiger partial charge in [0.05, 0.1) is 12.2 Å². The number of para-hydroxylation sites is 1. The fourth-order valence-electron chi connectivity index (χ4n) is 3.57. The molecule has 0 atom stereocenters. The summed E-state index contributed by atoms with van der Waals surface area (Å²) < 4.78 is 31.5. The molecular formula is C20H27IN6O3S. The van der Waals surface area contributed by atoms with E-state index in [1.165, 1.54) is 16.0 Å². The number of H-pyrrole nitrogens is 1. The summed E-state index contributed by atoms with van der Waals surface area (Å²) in [6.45, 7) is 5.29. The first-order chi connectivity index (χ1) is 14.5. The molecule has 168 valence electrons. The molecule has 1 saturated heterocycles. The highest BCUT2D eigenvalue weighted by Gasteiger charge is 2.29. The van der Waals surface area contributed by atoms with Crippen molar-refractivity contribution in [1.29, 1.82) is 0 Å². The number of halogens is 1. The Labute approximate surface area is 198 Å². The highest BCUT2D eigenvalue weighted by Crippen LogP contribution is 2.16. The van der Waals surface area contributed by atoms with Crippen LogP contribution in [0, 0.1) is 0 Å². The van der Waals surface area contributed by atoms with E-state index < -0.39 is 10.0 Å². The van der Waals surface area contributed by atoms with Gasteiger partial charge in [0.2, 0.25) is 10.0 Å². The normalized spacial score (nSPS) is 15.8. The van der Waals surface area contributed by atoms with E-state index in [1.54, 1.807) is 6.07 Å². The monoisotopic (exact) mass is 558 g/mol. The number of piperazine rings is 1. The van der Waals surface area contributed by atoms with Gasteiger partial charge in [0.25, 0.3) is 0 Å². The quantitative estimate of drug-likeness (QED) is 0.274. The topological polar surface area (TPSA) is 107 Å². The number of guanidine groups is 1. The number of aliphatic imine (C=N–C) groups is 1. The molecule has 3 heterocycles. The zero-order valence-corrected chi connectivity index (χ0v) is 20.5. The first-order valence-electron chi connectivity index (χ1n) is 10.0. The van der Waals surface area contributed by atoms with Crippen LogP contribution in [-0.2, 0) is 22.3 Å². The largest absolute Gasteiger partial charge is 0.364 e. The molecule has 0 amide bonds. The number of aromatic amines is 1. The third-order valence-corrected chi connectivity index (χ3v) is 6.89. The van der Waals surface area contributed by atoms with Crippen LogP contribution in [0.25, 0.3) is 10.9 Å². The Bertz CT molecular complexity index is 1070. The maximum absolute atomic E-state index is 12.6. The predicted octanol–water partition coefficient (Wildman–Crippen LogP) is 2.39. The Morgan fingerprint density at radius 1 is 1.23 bits per heavy atom. The molecule has 2 N–H and O–H groups in total. The second-order valence-corrected chi connectivity index (χ2v) is 9.15. The van der Waals surface area contributed by atoms with Gasteiger partial charge < -0.3 is 19.7 Å². The number of hydrogen-bond donors (Lipinski definition) is 2. The number of hydrogen-bond acceptors (Lipinski definition) is 5. The van der Waals surface area contributed by atoms with Crippen LogP contribution in [0.3, 0.4) is 0 Å². The molecule has 31 heavy (non-hydrogen) atoms. The Hall–Kier alpha value is -2.12. The van der Waals surface area contributed by atoms with Crippen molar-refractivity contribution in [2.24, 2.45) is 4.99 Å². The summed E-state index contributed by atoms with van der Waals surface area (Å²) in [5, 5.41) is 8.19. The number of rotatable bonds is 6. The summed E-state index contributed by atoms with van der Waals surface area (Å²) in [4.78, 5) is 10.3. The van der Waals surface area contributed by atoms with E-state index in [1.807, 2.05) is 25.1 Å². The fourth-order valence-corrected chi connectivity index (χ4v) is 5.00. The number of nitrogens with zero attached hydrogens (tertiary/aromatic N) is 4. The molecule has 0 aliphatic carbocycles. The van der Waals surface area contributed by atoms with E-state index in [9.17, 15) is 8.42 Å². The molecule has 11 heteroatoms. The number of sulfonamides is 1. The van der Waals surface area contributed by atoms with Crippen LogP contribution in [0.15, 0.2) is 52.2 Å². The average molecular weight is 558 g/mol. The van der Waals surface area contributed by atoms with Gasteiger partial charge >= 0.3 is 0 Å². The van der Waals surface area contributed by atoms with E-state index in [2.05, 4.69) is 32.5 Å². The minimum atomic E-state index is -3.42. The highest BCUT2D eigenvalue weighted by atomic mass is 127. The fraction of sp³-hybridized carbons (Fsp3) is 0.400. The molecule has 0 saturated carbocycles. The molecule has 0 radical (unpaired) electrons. The van der Waals surface area contributed by atoms with Gasteiger partial charge in [0.1, 0.15) is 12.0 Å². The molecule has 0 unspecified atom stereocenters. The molecule has 0 spiro atoms. The van der Waals surface area contributed by atoms with Crippen molar-refractivity contribution < 1.29 is 12.9 Å². The molecule has 1 aromatic carbocycles. The van der Waals surface area contributed by atoms with E-state index in [-0.39, 0.29) is 29.7 Å². The van der Waals surface area contributed by atoms with Crippen molar-refractivity contribution in [3.8, 4) is 0 Å². The van der Waals surface area contributed by atoms with Crippen molar-refractivity contribution in [3.05, 3.63) is 54.0 Å². The van der Waals surface area contributed by atoms with Crippen LogP contribution in [0.1, 0.15) is 18.3 Å². The number of fused-ring (bicyclic) bond motifs is 1. The second kappa shape index (κ2) is 10.5. The molecule has 1 fully saturated rings. The van der Waals surface area contributed by atoms with Crippen LogP contribution in [0.2, 0.25) is 0 Å². The molecular weight excluding hydrogens is 531 g/mol. The lowest BCUT2D eigenvalue weighted by atomic mass is 10.2. The smallest absolute Gasteiger partial charge is 0.220 e. The first-order valence-corrected chi connectivity index (χ1v) is 11.6. The van der Waals surface area contributed by atoms with Gasteiger partial charge in [0, 0.05) is 50.0 Å². The van der Waals surface area contributed by atoms with Gasteiger partial charge in [0.15, 0.2) is 5.96 Å². The van der Waals surface area contributed by atoms with Crippen molar-refractivity contribution in [1.82, 2.24) is 24.7 Å². The van der Waals surface area contributed by atoms with E-state index in [0.717, 1.165) is 23.7 Å². The minimum Gasteiger partial charge on any atom is -0.364 e. The molecule has 0 bridgehead atoms. The summed E-state index contributed by atoms with van der Waals surface area (Å²) in [6.07, 6.45) is 1.38. The van der Waals surface area contributed by atoms with Gasteiger partial charge in [-0.1, -0.05) is 23.4 Å². The summed E-state index contributed by atoms with van der Waals surface area (Å²) in [5.41, 5.74) is 2.56. The SMILES string of the molecule is CCNC(=NCc1cc2ccccc2[nH]1)N1CCN(S(=O)(=O)Cc2ccon2)CC1.I. The number of aromatic nitrogens is 2. The van der Waals surface area contributed by atoms with Gasteiger partial charge in [-0.3, -0.25) is 0 Å². The highest BCUT2D eigenvalue weighted by molar-refractivity contribution is 14.0. The van der Waals surface area contributed by atoms with Crippen LogP contribution >= 0.6 is 24.0 Å². The van der Waals surface area contributed by atoms with E-state index >= 15 is 0 Å². The maximum atomic E-state index is 12.6. The predicted molar refractivity (Wildman–Crippen MR) is 131 cm³/mol. The van der Waals surface area contributed by atoms with Gasteiger partial charge in [-0.2, -0.15) is 4.31 Å². The van der Waals surface area contributed by atoms with Gasteiger partial charge in [-0.25, -0.2) is 13.4 Å². The molecule has 2 aromatic heterocycles. The van der Waals surface area contributed by atoms with Crippen LogP contribution in [-0.4, -0.2) is 66.4 Å². The first kappa shape index (κ1) is 23.5. The Balaban J connectivity index is 0.00000272. The zero-order chi connectivity index (χ0) is 21.0. The van der Waals surface area contributed by atoms with Crippen molar-refractivity contribution >= 4 is 50.9 Å². The third kappa shape index (κ3) is 5.77. The van der Waals surface area contributed by atoms with Crippen molar-refractivity contribution in [2.45, 2.75) is 19.2 Å². The molecule has 9 nitrogen and oxygen atoms in total. The number of benzene rings is 1. The van der Waals surface area contributed by atoms with Crippen LogP contribution in [0.4, 0.5) is 0 Å². The molecule has 3 aromatic rings. The molecule has 1 aliphatic rings. The second-order valence-electron chi connectivity index (χ2n) is 7.19. The van der Waals surface area contributed by atoms with Gasteiger partial charge in [-0.15, -0.1) is 24.0 Å². The third-order valence-electron chi connectivity index (χ3n) is 5.07. The van der Waals surface area contributed by atoms with Crippen molar-refractivity contribution in [3.63, 3.8) is 0 Å². The van der Waals surface area contributed by atoms with Crippen LogP contribution in [0.5, 0.6) is 0 Å². The standard InChI is InChI=1S/C20H26N6O3S.HI/c1-2-21-20(22-14-18-13-16-5-3-4-6-19(16)23-18)25-8-10-26(11-9-25)30(27,28)15-17-7-12-29-24-17;/h3-7,12-13,23H,2,8-11,14-15H2,1H3,(H,21,22);1H. The minimum absolute atomic E-state index is 0. The lowest BCUT2D eigenvalue weighted by Crippen LogP contribution is -2.53. The Morgan fingerprint density at radius 3 is 2.68 bits per heavy atom. The summed E-state index contributed by atoms with van der Waals surface area (Å²) >= 11 is 0. The van der Waals surface area contributed by atoms with Gasteiger partial charge in [-0.05, 0) is 24.4 Å². The van der Waals surface area contributed by atoms with Crippen molar-refractivity contribution in [2.75, 3.05) is 32.7 Å². The lowest BCUT2D eigenvalue weighted by Gasteiger charge is -2.35. The summed E-state index contributed by atoms with van der Waals surface area (Å²) in [7, 11) is -3.42. The van der Waals surface area contributed by atoms with E-state index in [0.29, 0.717) is 38.4 Å². The Kier molecular flexibility index (Phi) is 7.94. The van der Waals surface area contributed by atoms with Crippen LogP contribution < -0.4 is 5.32 Å². The Morgan fingerprint density at radius 2 is 2.00 bits per heavy atom. The molecule has 4 rings (SSSR count). The lowest BCUT2D eigenvalue weighted by molar-refractivity contribution is 0.259.